The van der Waals surface area contributed by atoms with Crippen molar-refractivity contribution in [3.63, 3.8) is 0 Å². The highest BCUT2D eigenvalue weighted by Gasteiger charge is 2.49. The maximum Gasteiger partial charge on any atom is 0.416 e. The number of hydrogen-bond acceptors (Lipinski definition) is 5. The van der Waals surface area contributed by atoms with E-state index in [4.69, 9.17) is 5.73 Å². The molecule has 0 aromatic heterocycles. The van der Waals surface area contributed by atoms with Crippen molar-refractivity contribution >= 4 is 15.9 Å². The zero-order valence-electron chi connectivity index (χ0n) is 21.0. The van der Waals surface area contributed by atoms with Gasteiger partial charge in [0.1, 0.15) is 0 Å². The fraction of sp³-hybridized carbons (Fsp3) is 0.720. The standard InChI is InChI=1S/C25H38F3N3O3S/c1-16(2)10-22(29)24(32)31(35(33,34)15-17(3)4)23-9-8-19-13-30(14-21(19)23)12-18-6-5-7-20(11-18)25(26,27)28/h5-7,11,16-17,19,21-23H,8-10,12-15,29H2,1-4H3/t19-,21+,22-,23+/m0/s1. The summed E-state index contributed by atoms with van der Waals surface area (Å²) in [7, 11) is -3.86. The second-order valence-corrected chi connectivity index (χ2v) is 12.9. The van der Waals surface area contributed by atoms with Crippen LogP contribution in [-0.2, 0) is 27.5 Å². The number of carbonyl (C=O) groups is 1. The number of nitrogens with zero attached hydrogens (tertiary/aromatic N) is 2. The van der Waals surface area contributed by atoms with Crippen LogP contribution in [0.15, 0.2) is 24.3 Å². The first-order valence-corrected chi connectivity index (χ1v) is 14.0. The van der Waals surface area contributed by atoms with Crippen LogP contribution in [0.1, 0.15) is 58.1 Å². The Balaban J connectivity index is 1.81. The zero-order valence-corrected chi connectivity index (χ0v) is 21.8. The molecule has 0 spiro atoms. The summed E-state index contributed by atoms with van der Waals surface area (Å²) in [6.07, 6.45) is -2.64. The highest BCUT2D eigenvalue weighted by Crippen LogP contribution is 2.42. The molecular formula is C25H38F3N3O3S. The van der Waals surface area contributed by atoms with Crippen LogP contribution < -0.4 is 5.73 Å². The summed E-state index contributed by atoms with van der Waals surface area (Å²) in [5.74, 6) is -0.533. The van der Waals surface area contributed by atoms with Crippen LogP contribution in [0.3, 0.4) is 0 Å². The van der Waals surface area contributed by atoms with Crippen LogP contribution in [0.4, 0.5) is 13.2 Å². The highest BCUT2D eigenvalue weighted by molar-refractivity contribution is 7.89. The first-order valence-electron chi connectivity index (χ1n) is 12.4. The number of sulfonamides is 1. The van der Waals surface area contributed by atoms with Gasteiger partial charge in [0.2, 0.25) is 10.0 Å². The fourth-order valence-corrected chi connectivity index (χ4v) is 7.72. The smallest absolute Gasteiger partial charge is 0.320 e. The van der Waals surface area contributed by atoms with Gasteiger partial charge in [0, 0.05) is 19.6 Å². The van der Waals surface area contributed by atoms with Crippen LogP contribution in [0.2, 0.25) is 0 Å². The second-order valence-electron chi connectivity index (χ2n) is 11.0. The summed E-state index contributed by atoms with van der Waals surface area (Å²) in [4.78, 5) is 15.5. The molecule has 1 saturated heterocycles. The molecule has 0 unspecified atom stereocenters. The van der Waals surface area contributed by atoms with Gasteiger partial charge in [-0.2, -0.15) is 13.2 Å². The van der Waals surface area contributed by atoms with E-state index < -0.39 is 39.8 Å². The van der Waals surface area contributed by atoms with Crippen LogP contribution in [0.25, 0.3) is 0 Å². The molecule has 0 bridgehead atoms. The van der Waals surface area contributed by atoms with Gasteiger partial charge in [0.25, 0.3) is 5.91 Å². The Hall–Kier alpha value is -1.65. The minimum atomic E-state index is -4.40. The van der Waals surface area contributed by atoms with E-state index in [-0.39, 0.29) is 29.4 Å². The summed E-state index contributed by atoms with van der Waals surface area (Å²) < 4.78 is 67.2. The molecule has 35 heavy (non-hydrogen) atoms. The minimum absolute atomic E-state index is 0.0575. The van der Waals surface area contributed by atoms with Crippen molar-refractivity contribution in [2.45, 2.75) is 71.8 Å². The second kappa shape index (κ2) is 10.8. The molecule has 1 heterocycles. The van der Waals surface area contributed by atoms with E-state index >= 15 is 0 Å². The molecule has 1 aromatic rings. The third-order valence-corrected chi connectivity index (χ3v) is 9.10. The van der Waals surface area contributed by atoms with Crippen molar-refractivity contribution in [1.82, 2.24) is 9.21 Å². The van der Waals surface area contributed by atoms with Crippen molar-refractivity contribution in [2.24, 2.45) is 29.4 Å². The number of hydrogen-bond donors (Lipinski definition) is 1. The summed E-state index contributed by atoms with van der Waals surface area (Å²) >= 11 is 0. The number of nitrogens with two attached hydrogens (primary N) is 1. The number of carbonyl (C=O) groups excluding carboxylic acids is 1. The van der Waals surface area contributed by atoms with Gasteiger partial charge in [0.05, 0.1) is 23.4 Å². The van der Waals surface area contributed by atoms with Crippen molar-refractivity contribution in [3.8, 4) is 0 Å². The highest BCUT2D eigenvalue weighted by atomic mass is 32.2. The van der Waals surface area contributed by atoms with Gasteiger partial charge in [-0.3, -0.25) is 9.69 Å². The lowest BCUT2D eigenvalue weighted by Crippen LogP contribution is -2.54. The quantitative estimate of drug-likeness (QED) is 0.533. The van der Waals surface area contributed by atoms with Crippen molar-refractivity contribution < 1.29 is 26.4 Å². The number of alkyl halides is 3. The summed E-state index contributed by atoms with van der Waals surface area (Å²) in [5.41, 5.74) is 6.06. The van der Waals surface area contributed by atoms with E-state index in [9.17, 15) is 26.4 Å². The van der Waals surface area contributed by atoms with E-state index in [1.54, 1.807) is 19.9 Å². The Labute approximate surface area is 207 Å². The van der Waals surface area contributed by atoms with Gasteiger partial charge in [0.15, 0.2) is 0 Å². The van der Waals surface area contributed by atoms with Gasteiger partial charge in [-0.15, -0.1) is 0 Å². The maximum absolute atomic E-state index is 13.4. The van der Waals surface area contributed by atoms with Crippen LogP contribution in [0, 0.1) is 23.7 Å². The van der Waals surface area contributed by atoms with Gasteiger partial charge < -0.3 is 5.73 Å². The number of benzene rings is 1. The Bertz CT molecular complexity index is 997. The van der Waals surface area contributed by atoms with Crippen LogP contribution >= 0.6 is 0 Å². The van der Waals surface area contributed by atoms with Crippen molar-refractivity contribution in [1.29, 1.82) is 0 Å². The minimum Gasteiger partial charge on any atom is -0.320 e. The largest absolute Gasteiger partial charge is 0.416 e. The predicted molar refractivity (Wildman–Crippen MR) is 130 cm³/mol. The van der Waals surface area contributed by atoms with Crippen LogP contribution in [-0.4, -0.2) is 54.5 Å². The lowest BCUT2D eigenvalue weighted by molar-refractivity contribution is -0.137. The van der Waals surface area contributed by atoms with E-state index in [0.717, 1.165) is 16.8 Å². The summed E-state index contributed by atoms with van der Waals surface area (Å²) in [6.45, 7) is 9.04. The average molecular weight is 518 g/mol. The number of halogens is 3. The third-order valence-electron chi connectivity index (χ3n) is 6.96. The maximum atomic E-state index is 13.4. The molecule has 1 aliphatic heterocycles. The van der Waals surface area contributed by atoms with Crippen molar-refractivity contribution in [3.05, 3.63) is 35.4 Å². The molecule has 6 nitrogen and oxygen atoms in total. The van der Waals surface area contributed by atoms with Crippen LogP contribution in [0.5, 0.6) is 0 Å². The average Bonchev–Trinajstić information content (AvgIpc) is 3.27. The molecule has 3 rings (SSSR count). The number of fused-ring (bicyclic) bond motifs is 1. The molecule has 1 amide bonds. The number of amides is 1. The Morgan fingerprint density at radius 3 is 2.43 bits per heavy atom. The molecule has 4 atom stereocenters. The van der Waals surface area contributed by atoms with E-state index in [1.807, 2.05) is 13.8 Å². The Morgan fingerprint density at radius 2 is 1.83 bits per heavy atom. The molecule has 2 aliphatic rings. The van der Waals surface area contributed by atoms with E-state index in [1.165, 1.54) is 12.1 Å². The molecule has 1 aliphatic carbocycles. The van der Waals surface area contributed by atoms with E-state index in [2.05, 4.69) is 4.90 Å². The molecule has 1 saturated carbocycles. The van der Waals surface area contributed by atoms with E-state index in [0.29, 0.717) is 38.0 Å². The summed E-state index contributed by atoms with van der Waals surface area (Å²) in [6, 6.07) is 3.95. The normalized spacial score (nSPS) is 24.2. The lowest BCUT2D eigenvalue weighted by atomic mass is 9.97. The Morgan fingerprint density at radius 1 is 1.14 bits per heavy atom. The van der Waals surface area contributed by atoms with Gasteiger partial charge in [-0.1, -0.05) is 45.9 Å². The zero-order chi connectivity index (χ0) is 26.1. The first-order chi connectivity index (χ1) is 16.2. The molecule has 198 valence electrons. The fourth-order valence-electron chi connectivity index (χ4n) is 5.63. The number of likely N-dealkylation sites (tertiary alicyclic amines) is 1. The molecule has 10 heteroatoms. The molecule has 2 N–H and O–H groups in total. The molecule has 1 aromatic carbocycles. The SMILES string of the molecule is CC(C)C[C@H](N)C(=O)N([C@@H]1CC[C@H]2CN(Cc3cccc(C(F)(F)F)c3)C[C@H]21)S(=O)(=O)CC(C)C. The first kappa shape index (κ1) is 27.9. The molecule has 2 fully saturated rings. The molecular weight excluding hydrogens is 479 g/mol. The predicted octanol–water partition coefficient (Wildman–Crippen LogP) is 4.10. The van der Waals surface area contributed by atoms with Gasteiger partial charge >= 0.3 is 6.18 Å². The summed E-state index contributed by atoms with van der Waals surface area (Å²) in [5, 5.41) is 0. The lowest BCUT2D eigenvalue weighted by Gasteiger charge is -2.34. The monoisotopic (exact) mass is 517 g/mol. The van der Waals surface area contributed by atoms with Crippen molar-refractivity contribution in [2.75, 3.05) is 18.8 Å². The van der Waals surface area contributed by atoms with Gasteiger partial charge in [-0.05, 0) is 54.6 Å². The topological polar surface area (TPSA) is 83.7 Å². The molecule has 0 radical (unpaired) electrons. The Kier molecular flexibility index (Phi) is 8.59. The third kappa shape index (κ3) is 6.77. The number of rotatable bonds is 9. The van der Waals surface area contributed by atoms with Gasteiger partial charge in [-0.25, -0.2) is 12.7 Å².